The lowest BCUT2D eigenvalue weighted by Gasteiger charge is -2.22. The van der Waals surface area contributed by atoms with E-state index in [4.69, 9.17) is 20.4 Å². The van der Waals surface area contributed by atoms with Crippen LogP contribution >= 0.6 is 0 Å². The minimum absolute atomic E-state index is 0.0784. The van der Waals surface area contributed by atoms with E-state index in [1.165, 1.54) is 24.3 Å². The molecule has 0 atom stereocenters. The summed E-state index contributed by atoms with van der Waals surface area (Å²) in [5.74, 6) is -3.72. The minimum Gasteiger partial charge on any atom is -0.481 e. The van der Waals surface area contributed by atoms with Crippen LogP contribution in [0.2, 0.25) is 0 Å². The second-order valence-electron chi connectivity index (χ2n) is 6.23. The highest BCUT2D eigenvalue weighted by atomic mass is 16.4. The van der Waals surface area contributed by atoms with Crippen molar-refractivity contribution in [2.75, 3.05) is 0 Å². The monoisotopic (exact) mass is 366 g/mol. The highest BCUT2D eigenvalue weighted by molar-refractivity contribution is 5.91. The van der Waals surface area contributed by atoms with Crippen molar-refractivity contribution in [3.63, 3.8) is 0 Å². The predicted octanol–water partition coefficient (Wildman–Crippen LogP) is 2.97. The van der Waals surface area contributed by atoms with Crippen LogP contribution in [-0.4, -0.2) is 44.3 Å². The Bertz CT molecular complexity index is 623. The van der Waals surface area contributed by atoms with E-state index in [0.717, 1.165) is 12.8 Å². The Labute approximate surface area is 150 Å². The number of aliphatic carboxylic acids is 2. The van der Waals surface area contributed by atoms with Gasteiger partial charge in [0.2, 0.25) is 0 Å². The van der Waals surface area contributed by atoms with Crippen molar-refractivity contribution < 1.29 is 39.6 Å². The second-order valence-corrected chi connectivity index (χ2v) is 6.23. The lowest BCUT2D eigenvalue weighted by Crippen LogP contribution is -2.27. The summed E-state index contributed by atoms with van der Waals surface area (Å²) in [7, 11) is 0. The molecular weight excluding hydrogens is 344 g/mol. The number of carboxylic acid groups (broad SMARTS) is 4. The third-order valence-corrected chi connectivity index (χ3v) is 4.44. The van der Waals surface area contributed by atoms with Gasteiger partial charge in [-0.2, -0.15) is 0 Å². The molecule has 0 radical (unpaired) electrons. The van der Waals surface area contributed by atoms with Crippen molar-refractivity contribution in [3.8, 4) is 0 Å². The summed E-state index contributed by atoms with van der Waals surface area (Å²) in [5, 5.41) is 34.5. The molecule has 0 spiro atoms. The maximum atomic E-state index is 11.1. The van der Waals surface area contributed by atoms with E-state index in [-0.39, 0.29) is 17.5 Å². The van der Waals surface area contributed by atoms with Crippen molar-refractivity contribution in [1.82, 2.24) is 0 Å². The summed E-state index contributed by atoms with van der Waals surface area (Å²) >= 11 is 0. The number of carbonyl (C=O) groups is 4. The van der Waals surface area contributed by atoms with E-state index in [1.54, 1.807) is 0 Å². The molecule has 0 aliphatic heterocycles. The third-order valence-electron chi connectivity index (χ3n) is 4.44. The van der Waals surface area contributed by atoms with Gasteiger partial charge in [-0.25, -0.2) is 9.59 Å². The molecule has 0 amide bonds. The summed E-state index contributed by atoms with van der Waals surface area (Å²) in [6.07, 6.45) is 4.40. The highest BCUT2D eigenvalue weighted by Crippen LogP contribution is 2.42. The minimum atomic E-state index is -1.06. The molecule has 0 saturated heterocycles. The van der Waals surface area contributed by atoms with Crippen molar-refractivity contribution >= 4 is 23.9 Å². The quantitative estimate of drug-likeness (QED) is 0.575. The molecule has 142 valence electrons. The van der Waals surface area contributed by atoms with Crippen LogP contribution in [0.1, 0.15) is 65.7 Å². The van der Waals surface area contributed by atoms with E-state index >= 15 is 0 Å². The van der Waals surface area contributed by atoms with Gasteiger partial charge in [-0.15, -0.1) is 0 Å². The van der Waals surface area contributed by atoms with E-state index in [0.29, 0.717) is 25.7 Å². The van der Waals surface area contributed by atoms with E-state index in [1.807, 2.05) is 0 Å². The largest absolute Gasteiger partial charge is 0.481 e. The maximum absolute atomic E-state index is 11.1. The normalized spacial score (nSPS) is 14.8. The molecule has 0 aromatic heterocycles. The molecule has 4 N–H and O–H groups in total. The summed E-state index contributed by atoms with van der Waals surface area (Å²) in [4.78, 5) is 42.0. The summed E-state index contributed by atoms with van der Waals surface area (Å²) in [6.45, 7) is 0. The Hall–Kier alpha value is -2.90. The van der Waals surface area contributed by atoms with Crippen molar-refractivity contribution in [1.29, 1.82) is 0 Å². The molecule has 0 heterocycles. The second kappa shape index (κ2) is 9.55. The van der Waals surface area contributed by atoms with Crippen LogP contribution in [0.5, 0.6) is 0 Å². The first kappa shape index (κ1) is 21.1. The fourth-order valence-corrected chi connectivity index (χ4v) is 2.96. The zero-order valence-electron chi connectivity index (χ0n) is 14.2. The molecule has 0 bridgehead atoms. The van der Waals surface area contributed by atoms with Crippen LogP contribution in [0, 0.1) is 5.41 Å². The molecule has 26 heavy (non-hydrogen) atoms. The zero-order valence-corrected chi connectivity index (χ0v) is 14.2. The van der Waals surface area contributed by atoms with Gasteiger partial charge in [-0.05, 0) is 49.9 Å². The fraction of sp³-hybridized carbons (Fsp3) is 0.444. The number of aromatic carboxylic acids is 2. The predicted molar refractivity (Wildman–Crippen MR) is 90.4 cm³/mol. The first-order valence-corrected chi connectivity index (χ1v) is 8.20. The van der Waals surface area contributed by atoms with Crippen molar-refractivity contribution in [3.05, 3.63) is 35.4 Å². The van der Waals surface area contributed by atoms with Gasteiger partial charge < -0.3 is 20.4 Å². The third kappa shape index (κ3) is 6.19. The van der Waals surface area contributed by atoms with Gasteiger partial charge >= 0.3 is 23.9 Å². The maximum Gasteiger partial charge on any atom is 0.335 e. The lowest BCUT2D eigenvalue weighted by atomic mass is 9.81. The van der Waals surface area contributed by atoms with Gasteiger partial charge in [0.1, 0.15) is 0 Å². The first-order chi connectivity index (χ1) is 12.2. The van der Waals surface area contributed by atoms with Gasteiger partial charge in [0.05, 0.1) is 16.5 Å². The van der Waals surface area contributed by atoms with Crippen LogP contribution in [0.15, 0.2) is 24.3 Å². The fourth-order valence-electron chi connectivity index (χ4n) is 2.96. The average molecular weight is 366 g/mol. The zero-order chi connectivity index (χ0) is 19.7. The number of hydrogen-bond acceptors (Lipinski definition) is 4. The Kier molecular flexibility index (Phi) is 7.77. The summed E-state index contributed by atoms with van der Waals surface area (Å²) in [6, 6.07) is 5.02. The topological polar surface area (TPSA) is 149 Å². The van der Waals surface area contributed by atoms with Crippen LogP contribution in [0.4, 0.5) is 0 Å². The van der Waals surface area contributed by atoms with Crippen LogP contribution < -0.4 is 0 Å². The van der Waals surface area contributed by atoms with Gasteiger partial charge in [-0.1, -0.05) is 12.8 Å². The Balaban J connectivity index is 0.000000263. The van der Waals surface area contributed by atoms with Gasteiger partial charge in [0, 0.05) is 6.42 Å². The average Bonchev–Trinajstić information content (AvgIpc) is 3.05. The molecule has 8 nitrogen and oxygen atoms in total. The summed E-state index contributed by atoms with van der Waals surface area (Å²) in [5.41, 5.74) is -0.449. The van der Waals surface area contributed by atoms with E-state index < -0.39 is 29.3 Å². The molecule has 2 rings (SSSR count). The number of benzene rings is 1. The van der Waals surface area contributed by atoms with Gasteiger partial charge in [0.15, 0.2) is 0 Å². The van der Waals surface area contributed by atoms with Crippen LogP contribution in [0.3, 0.4) is 0 Å². The summed E-state index contributed by atoms with van der Waals surface area (Å²) < 4.78 is 0. The smallest absolute Gasteiger partial charge is 0.335 e. The van der Waals surface area contributed by atoms with Gasteiger partial charge in [0.25, 0.3) is 0 Å². The molecule has 1 aromatic rings. The molecular formula is C18H22O8. The Morgan fingerprint density at radius 1 is 0.808 bits per heavy atom. The number of hydrogen-bond donors (Lipinski definition) is 4. The number of rotatable bonds is 7. The van der Waals surface area contributed by atoms with Crippen LogP contribution in [-0.2, 0) is 9.59 Å². The molecule has 1 aliphatic rings. The van der Waals surface area contributed by atoms with Gasteiger partial charge in [-0.3, -0.25) is 9.59 Å². The molecule has 1 saturated carbocycles. The van der Waals surface area contributed by atoms with Crippen LogP contribution in [0.25, 0.3) is 0 Å². The van der Waals surface area contributed by atoms with Crippen molar-refractivity contribution in [2.45, 2.75) is 44.9 Å². The first-order valence-electron chi connectivity index (χ1n) is 8.20. The Morgan fingerprint density at radius 3 is 1.54 bits per heavy atom. The molecule has 0 unspecified atom stereocenters. The molecule has 1 fully saturated rings. The molecule has 1 aliphatic carbocycles. The standard InChI is InChI=1S/C10H16O4.C8H6O4/c11-8(12)4-3-7-10(9(13)14)5-1-2-6-10;9-7(10)5-1-2-6(4-3-5)8(11)12/h1-7H2,(H,11,12)(H,13,14);1-4H,(H,9,10)(H,11,12). The Morgan fingerprint density at radius 2 is 1.23 bits per heavy atom. The molecule has 8 heteroatoms. The molecule has 1 aromatic carbocycles. The highest BCUT2D eigenvalue weighted by Gasteiger charge is 2.40. The van der Waals surface area contributed by atoms with Crippen molar-refractivity contribution in [2.24, 2.45) is 5.41 Å². The number of carboxylic acids is 4. The lowest BCUT2D eigenvalue weighted by molar-refractivity contribution is -0.149. The SMILES string of the molecule is O=C(O)CCCC1(C(=O)O)CCCC1.O=C(O)c1ccc(C(=O)O)cc1. The van der Waals surface area contributed by atoms with E-state index in [9.17, 15) is 19.2 Å². The van der Waals surface area contributed by atoms with E-state index in [2.05, 4.69) is 0 Å².